The molecule has 8 heteroatoms. The van der Waals surface area contributed by atoms with E-state index in [-0.39, 0.29) is 28.4 Å². The van der Waals surface area contributed by atoms with Gasteiger partial charge in [-0.05, 0) is 24.3 Å². The van der Waals surface area contributed by atoms with Crippen molar-refractivity contribution >= 4 is 11.6 Å². The minimum absolute atomic E-state index is 0.0340. The summed E-state index contributed by atoms with van der Waals surface area (Å²) >= 11 is 0. The number of pyridine rings is 1. The first-order chi connectivity index (χ1) is 11.7. The largest absolute Gasteiger partial charge is 0.491 e. The molecule has 5 nitrogen and oxygen atoms in total. The number of hydrogen-bond acceptors (Lipinski definition) is 5. The van der Waals surface area contributed by atoms with E-state index in [0.717, 1.165) is 12.1 Å². The monoisotopic (exact) mass is 348 g/mol. The first kappa shape index (κ1) is 16.7. The number of alkyl halides is 3. The molecule has 1 aromatic heterocycles. The van der Waals surface area contributed by atoms with Crippen LogP contribution < -0.4 is 5.73 Å². The van der Waals surface area contributed by atoms with Crippen LogP contribution in [0.3, 0.4) is 0 Å². The third kappa shape index (κ3) is 2.75. The number of Topliss-reactive ketones (excluding diaryl/α,β-unsaturated/α-hetero) is 2. The van der Waals surface area contributed by atoms with Gasteiger partial charge in [-0.3, -0.25) is 9.59 Å². The number of halogens is 3. The number of methoxy groups -OCH3 is 1. The maximum absolute atomic E-state index is 12.6. The van der Waals surface area contributed by atoms with E-state index in [1.807, 2.05) is 0 Å². The summed E-state index contributed by atoms with van der Waals surface area (Å²) in [6.45, 7) is 0. The van der Waals surface area contributed by atoms with Crippen molar-refractivity contribution in [1.29, 1.82) is 0 Å². The molecule has 0 aliphatic heterocycles. The zero-order chi connectivity index (χ0) is 18.4. The minimum atomic E-state index is -4.44. The van der Waals surface area contributed by atoms with Crippen LogP contribution in [-0.2, 0) is 10.9 Å². The number of ketones is 2. The van der Waals surface area contributed by atoms with Crippen LogP contribution in [0.4, 0.5) is 13.2 Å². The molecule has 0 radical (unpaired) electrons. The van der Waals surface area contributed by atoms with Crippen molar-refractivity contribution in [1.82, 2.24) is 4.98 Å². The Kier molecular flexibility index (Phi) is 3.82. The molecule has 0 spiro atoms. The number of allylic oxidation sites excluding steroid dienone is 2. The van der Waals surface area contributed by atoms with Gasteiger partial charge in [-0.25, -0.2) is 4.98 Å². The van der Waals surface area contributed by atoms with E-state index < -0.39 is 23.3 Å². The van der Waals surface area contributed by atoms with Crippen molar-refractivity contribution in [2.45, 2.75) is 6.18 Å². The van der Waals surface area contributed by atoms with Gasteiger partial charge in [0, 0.05) is 5.56 Å². The maximum Gasteiger partial charge on any atom is 0.416 e. The summed E-state index contributed by atoms with van der Waals surface area (Å²) in [7, 11) is 1.22. The Balaban J connectivity index is 2.04. The lowest BCUT2D eigenvalue weighted by Gasteiger charge is -2.17. The summed E-state index contributed by atoms with van der Waals surface area (Å²) in [5.41, 5.74) is 4.98. The molecule has 0 saturated heterocycles. The van der Waals surface area contributed by atoms with Gasteiger partial charge in [0.05, 0.1) is 23.9 Å². The van der Waals surface area contributed by atoms with Gasteiger partial charge in [0.2, 0.25) is 11.6 Å². The molecule has 25 heavy (non-hydrogen) atoms. The number of ether oxygens (including phenoxy) is 1. The highest BCUT2D eigenvalue weighted by Crippen LogP contribution is 2.31. The number of carbonyl (C=O) groups is 2. The molecule has 0 unspecified atom stereocenters. The second-order valence-corrected chi connectivity index (χ2v) is 5.27. The average molecular weight is 348 g/mol. The molecule has 1 heterocycles. The summed E-state index contributed by atoms with van der Waals surface area (Å²) < 4.78 is 42.7. The van der Waals surface area contributed by atoms with Gasteiger partial charge in [0.25, 0.3) is 0 Å². The van der Waals surface area contributed by atoms with E-state index >= 15 is 0 Å². The van der Waals surface area contributed by atoms with Gasteiger partial charge >= 0.3 is 6.18 Å². The molecule has 0 saturated carbocycles. The van der Waals surface area contributed by atoms with Crippen molar-refractivity contribution < 1.29 is 27.5 Å². The normalized spacial score (nSPS) is 14.6. The SMILES string of the molecule is COC1=C(N)C(=O)c2nc(-c3ccc(C(F)(F)F)cc3)ccc2C1=O. The van der Waals surface area contributed by atoms with Crippen LogP contribution in [0.25, 0.3) is 11.3 Å². The van der Waals surface area contributed by atoms with Crippen LogP contribution in [0.1, 0.15) is 26.4 Å². The molecule has 1 aliphatic carbocycles. The van der Waals surface area contributed by atoms with Crippen molar-refractivity contribution in [3.8, 4) is 11.3 Å². The van der Waals surface area contributed by atoms with Crippen molar-refractivity contribution in [2.75, 3.05) is 7.11 Å². The van der Waals surface area contributed by atoms with Crippen molar-refractivity contribution in [3.05, 3.63) is 64.7 Å². The number of nitrogens with zero attached hydrogens (tertiary/aromatic N) is 1. The molecule has 128 valence electrons. The number of rotatable bonds is 2. The lowest BCUT2D eigenvalue weighted by molar-refractivity contribution is -0.137. The average Bonchev–Trinajstić information content (AvgIpc) is 2.59. The van der Waals surface area contributed by atoms with Crippen molar-refractivity contribution in [3.63, 3.8) is 0 Å². The molecule has 2 N–H and O–H groups in total. The second-order valence-electron chi connectivity index (χ2n) is 5.27. The van der Waals surface area contributed by atoms with E-state index in [4.69, 9.17) is 10.5 Å². The lowest BCUT2D eigenvalue weighted by atomic mass is 9.95. The number of hydrogen-bond donors (Lipinski definition) is 1. The Labute approximate surface area is 139 Å². The molecule has 0 atom stereocenters. The fourth-order valence-corrected chi connectivity index (χ4v) is 2.48. The fourth-order valence-electron chi connectivity index (χ4n) is 2.48. The van der Waals surface area contributed by atoms with Crippen molar-refractivity contribution in [2.24, 2.45) is 5.73 Å². The van der Waals surface area contributed by atoms with Crippen LogP contribution in [0.15, 0.2) is 47.9 Å². The van der Waals surface area contributed by atoms with E-state index in [0.29, 0.717) is 5.56 Å². The summed E-state index contributed by atoms with van der Waals surface area (Å²) in [5.74, 6) is -1.48. The first-order valence-corrected chi connectivity index (χ1v) is 7.06. The number of fused-ring (bicyclic) bond motifs is 1. The van der Waals surface area contributed by atoms with Gasteiger partial charge in [0.15, 0.2) is 5.76 Å². The standard InChI is InChI=1S/C17H11F3N2O3/c1-25-16-12(21)15(24)13-10(14(16)23)6-7-11(22-13)8-2-4-9(5-3-8)17(18,19)20/h2-7H,21H2,1H3. The maximum atomic E-state index is 12.6. The molecule has 3 rings (SSSR count). The predicted octanol–water partition coefficient (Wildman–Crippen LogP) is 2.96. The Morgan fingerprint density at radius 3 is 2.20 bits per heavy atom. The molecular weight excluding hydrogens is 337 g/mol. The molecule has 2 aromatic rings. The lowest BCUT2D eigenvalue weighted by Crippen LogP contribution is -2.28. The van der Waals surface area contributed by atoms with Gasteiger partial charge in [-0.1, -0.05) is 12.1 Å². The summed E-state index contributed by atoms with van der Waals surface area (Å²) in [6.07, 6.45) is -4.44. The molecule has 1 aromatic carbocycles. The molecule has 0 bridgehead atoms. The van der Waals surface area contributed by atoms with Gasteiger partial charge < -0.3 is 10.5 Å². The van der Waals surface area contributed by atoms with Gasteiger partial charge in [-0.2, -0.15) is 13.2 Å². The Morgan fingerprint density at radius 2 is 1.64 bits per heavy atom. The van der Waals surface area contributed by atoms with Gasteiger partial charge in [-0.15, -0.1) is 0 Å². The topological polar surface area (TPSA) is 82.3 Å². The summed E-state index contributed by atoms with van der Waals surface area (Å²) in [4.78, 5) is 28.6. The highest BCUT2D eigenvalue weighted by atomic mass is 19.4. The minimum Gasteiger partial charge on any atom is -0.491 e. The van der Waals surface area contributed by atoms with Crippen LogP contribution in [0.5, 0.6) is 0 Å². The Hall–Kier alpha value is -3.16. The molecular formula is C17H11F3N2O3. The highest BCUT2D eigenvalue weighted by molar-refractivity contribution is 6.25. The number of benzene rings is 1. The van der Waals surface area contributed by atoms with E-state index in [2.05, 4.69) is 4.98 Å². The van der Waals surface area contributed by atoms with Crippen LogP contribution in [0, 0.1) is 0 Å². The fraction of sp³-hybridized carbons (Fsp3) is 0.118. The molecule has 0 amide bonds. The first-order valence-electron chi connectivity index (χ1n) is 7.06. The third-order valence-electron chi connectivity index (χ3n) is 3.76. The number of nitrogens with two attached hydrogens (primary N) is 1. The zero-order valence-electron chi connectivity index (χ0n) is 12.8. The summed E-state index contributed by atoms with van der Waals surface area (Å²) in [6, 6.07) is 7.14. The van der Waals surface area contributed by atoms with Gasteiger partial charge in [0.1, 0.15) is 11.4 Å². The smallest absolute Gasteiger partial charge is 0.416 e. The quantitative estimate of drug-likeness (QED) is 0.902. The predicted molar refractivity (Wildman–Crippen MR) is 81.6 cm³/mol. The molecule has 1 aliphatic rings. The van der Waals surface area contributed by atoms with E-state index in [1.54, 1.807) is 0 Å². The third-order valence-corrected chi connectivity index (χ3v) is 3.76. The van der Waals surface area contributed by atoms with E-state index in [9.17, 15) is 22.8 Å². The van der Waals surface area contributed by atoms with Crippen LogP contribution >= 0.6 is 0 Å². The van der Waals surface area contributed by atoms with E-state index in [1.165, 1.54) is 31.4 Å². The second kappa shape index (κ2) is 5.73. The zero-order valence-corrected chi connectivity index (χ0v) is 12.8. The highest BCUT2D eigenvalue weighted by Gasteiger charge is 2.33. The Bertz CT molecular complexity index is 916. The Morgan fingerprint density at radius 1 is 1.00 bits per heavy atom. The van der Waals surface area contributed by atoms with Crippen LogP contribution in [-0.4, -0.2) is 23.7 Å². The van der Waals surface area contributed by atoms with Crippen LogP contribution in [0.2, 0.25) is 0 Å². The molecule has 0 fully saturated rings. The number of aromatic nitrogens is 1. The summed E-state index contributed by atoms with van der Waals surface area (Å²) in [5, 5.41) is 0. The number of carbonyl (C=O) groups excluding carboxylic acids is 2.